The van der Waals surface area contributed by atoms with Gasteiger partial charge >= 0.3 is 0 Å². The molecule has 0 aromatic heterocycles. The molecule has 1 heterocycles. The van der Waals surface area contributed by atoms with Crippen LogP contribution in [0.2, 0.25) is 0 Å². The highest BCUT2D eigenvalue weighted by Crippen LogP contribution is 2.41. The molecule has 114 valence electrons. The minimum atomic E-state index is -0.668. The summed E-state index contributed by atoms with van der Waals surface area (Å²) in [5, 5.41) is 3.09. The summed E-state index contributed by atoms with van der Waals surface area (Å²) in [7, 11) is 0. The number of hydrogen-bond acceptors (Lipinski definition) is 2. The Kier molecular flexibility index (Phi) is 4.40. The number of nitrogens with one attached hydrogen (secondary N) is 1. The molecule has 0 unspecified atom stereocenters. The van der Waals surface area contributed by atoms with Gasteiger partial charge in [-0.3, -0.25) is 9.59 Å². The number of amides is 2. The number of piperazine rings is 1. The van der Waals surface area contributed by atoms with Gasteiger partial charge in [0.05, 0.1) is 0 Å². The molecule has 2 fully saturated rings. The SMILES string of the molecule is CCCCN1C(=O)C(CC)(CC)NC(=O)C12CCCC2. The number of nitrogens with zero attached hydrogens (tertiary/aromatic N) is 1. The van der Waals surface area contributed by atoms with E-state index in [9.17, 15) is 9.59 Å². The molecule has 1 aliphatic carbocycles. The van der Waals surface area contributed by atoms with Crippen molar-refractivity contribution >= 4 is 11.8 Å². The molecule has 1 saturated carbocycles. The van der Waals surface area contributed by atoms with Crippen LogP contribution < -0.4 is 5.32 Å². The van der Waals surface area contributed by atoms with E-state index in [0.29, 0.717) is 12.8 Å². The Bertz CT molecular complexity index is 382. The van der Waals surface area contributed by atoms with Gasteiger partial charge in [-0.15, -0.1) is 0 Å². The van der Waals surface area contributed by atoms with Gasteiger partial charge < -0.3 is 10.2 Å². The molecular weight excluding hydrogens is 252 g/mol. The maximum Gasteiger partial charge on any atom is 0.249 e. The van der Waals surface area contributed by atoms with E-state index >= 15 is 0 Å². The summed E-state index contributed by atoms with van der Waals surface area (Å²) >= 11 is 0. The van der Waals surface area contributed by atoms with Gasteiger partial charge in [0, 0.05) is 6.54 Å². The standard InChI is InChI=1S/C16H28N2O2/c1-4-7-12-18-14(20)15(5-2,6-3)17-13(19)16(18)10-8-9-11-16/h4-12H2,1-3H3,(H,17,19). The van der Waals surface area contributed by atoms with Gasteiger partial charge in [0.2, 0.25) is 11.8 Å². The van der Waals surface area contributed by atoms with Crippen LogP contribution in [0.4, 0.5) is 0 Å². The lowest BCUT2D eigenvalue weighted by atomic mass is 9.81. The largest absolute Gasteiger partial charge is 0.340 e. The van der Waals surface area contributed by atoms with Crippen molar-refractivity contribution in [2.75, 3.05) is 6.54 Å². The van der Waals surface area contributed by atoms with Crippen LogP contribution in [0, 0.1) is 0 Å². The molecule has 1 aliphatic heterocycles. The average molecular weight is 280 g/mol. The van der Waals surface area contributed by atoms with Crippen molar-refractivity contribution < 1.29 is 9.59 Å². The molecule has 0 atom stereocenters. The smallest absolute Gasteiger partial charge is 0.249 e. The number of carbonyl (C=O) groups is 2. The molecule has 2 rings (SSSR count). The van der Waals surface area contributed by atoms with Gasteiger partial charge in [0.1, 0.15) is 11.1 Å². The first-order valence-corrected chi connectivity index (χ1v) is 8.21. The summed E-state index contributed by atoms with van der Waals surface area (Å²) in [6, 6.07) is 0. The molecule has 2 aliphatic rings. The summed E-state index contributed by atoms with van der Waals surface area (Å²) < 4.78 is 0. The van der Waals surface area contributed by atoms with Crippen LogP contribution in [-0.4, -0.2) is 34.3 Å². The second-order valence-corrected chi connectivity index (χ2v) is 6.29. The molecule has 0 radical (unpaired) electrons. The van der Waals surface area contributed by atoms with Crippen molar-refractivity contribution in [1.29, 1.82) is 0 Å². The number of rotatable bonds is 5. The van der Waals surface area contributed by atoms with Crippen molar-refractivity contribution in [3.63, 3.8) is 0 Å². The number of unbranched alkanes of at least 4 members (excludes halogenated alkanes) is 1. The van der Waals surface area contributed by atoms with Gasteiger partial charge in [-0.25, -0.2) is 0 Å². The van der Waals surface area contributed by atoms with Crippen molar-refractivity contribution in [2.24, 2.45) is 0 Å². The Labute approximate surface area is 122 Å². The Morgan fingerprint density at radius 1 is 1.10 bits per heavy atom. The third kappa shape index (κ3) is 2.13. The molecule has 20 heavy (non-hydrogen) atoms. The first-order chi connectivity index (χ1) is 9.56. The van der Waals surface area contributed by atoms with Gasteiger partial charge in [-0.1, -0.05) is 40.0 Å². The minimum absolute atomic E-state index is 0.0920. The summed E-state index contributed by atoms with van der Waals surface area (Å²) in [6.07, 6.45) is 7.13. The lowest BCUT2D eigenvalue weighted by Crippen LogP contribution is -2.75. The fourth-order valence-corrected chi connectivity index (χ4v) is 3.78. The first-order valence-electron chi connectivity index (χ1n) is 8.21. The monoisotopic (exact) mass is 280 g/mol. The molecule has 4 nitrogen and oxygen atoms in total. The Morgan fingerprint density at radius 2 is 1.70 bits per heavy atom. The van der Waals surface area contributed by atoms with E-state index in [2.05, 4.69) is 12.2 Å². The summed E-state index contributed by atoms with van der Waals surface area (Å²) in [6.45, 7) is 6.84. The Hall–Kier alpha value is -1.06. The minimum Gasteiger partial charge on any atom is -0.340 e. The third-order valence-electron chi connectivity index (χ3n) is 5.32. The fourth-order valence-electron chi connectivity index (χ4n) is 3.78. The van der Waals surface area contributed by atoms with Crippen LogP contribution in [0.3, 0.4) is 0 Å². The zero-order chi connectivity index (χ0) is 14.8. The van der Waals surface area contributed by atoms with Gasteiger partial charge in [-0.05, 0) is 32.1 Å². The van der Waals surface area contributed by atoms with Crippen LogP contribution >= 0.6 is 0 Å². The van der Waals surface area contributed by atoms with Crippen molar-refractivity contribution in [3.8, 4) is 0 Å². The zero-order valence-electron chi connectivity index (χ0n) is 13.1. The van der Waals surface area contributed by atoms with E-state index in [-0.39, 0.29) is 11.8 Å². The third-order valence-corrected chi connectivity index (χ3v) is 5.32. The number of hydrogen-bond donors (Lipinski definition) is 1. The van der Waals surface area contributed by atoms with Crippen LogP contribution in [-0.2, 0) is 9.59 Å². The topological polar surface area (TPSA) is 49.4 Å². The molecule has 0 aromatic rings. The quantitative estimate of drug-likeness (QED) is 0.841. The van der Waals surface area contributed by atoms with Crippen LogP contribution in [0.15, 0.2) is 0 Å². The predicted molar refractivity (Wildman–Crippen MR) is 79.3 cm³/mol. The van der Waals surface area contributed by atoms with Gasteiger partial charge in [-0.2, -0.15) is 0 Å². The van der Waals surface area contributed by atoms with Crippen LogP contribution in [0.25, 0.3) is 0 Å². The van der Waals surface area contributed by atoms with Crippen LogP contribution in [0.1, 0.15) is 72.1 Å². The molecule has 0 aromatic carbocycles. The molecule has 1 N–H and O–H groups in total. The fraction of sp³-hybridized carbons (Fsp3) is 0.875. The highest BCUT2D eigenvalue weighted by atomic mass is 16.2. The summed E-state index contributed by atoms with van der Waals surface area (Å²) in [5.74, 6) is 0.242. The lowest BCUT2D eigenvalue weighted by molar-refractivity contribution is -0.163. The van der Waals surface area contributed by atoms with Crippen molar-refractivity contribution in [2.45, 2.75) is 83.2 Å². The van der Waals surface area contributed by atoms with E-state index in [1.54, 1.807) is 0 Å². The highest BCUT2D eigenvalue weighted by molar-refractivity contribution is 6.02. The predicted octanol–water partition coefficient (Wildman–Crippen LogP) is 2.62. The molecule has 1 saturated heterocycles. The summed E-state index contributed by atoms with van der Waals surface area (Å²) in [5.41, 5.74) is -1.21. The molecule has 2 amide bonds. The maximum atomic E-state index is 13.0. The Morgan fingerprint density at radius 3 is 2.20 bits per heavy atom. The van der Waals surface area contributed by atoms with E-state index in [4.69, 9.17) is 0 Å². The van der Waals surface area contributed by atoms with Gasteiger partial charge in [0.15, 0.2) is 0 Å². The van der Waals surface area contributed by atoms with E-state index < -0.39 is 11.1 Å². The number of carbonyl (C=O) groups excluding carboxylic acids is 2. The molecule has 4 heteroatoms. The lowest BCUT2D eigenvalue weighted by Gasteiger charge is -2.51. The van der Waals surface area contributed by atoms with Crippen molar-refractivity contribution in [1.82, 2.24) is 10.2 Å². The Balaban J connectivity index is 2.36. The zero-order valence-corrected chi connectivity index (χ0v) is 13.1. The van der Waals surface area contributed by atoms with E-state index in [1.807, 2.05) is 18.7 Å². The average Bonchev–Trinajstić information content (AvgIpc) is 2.94. The van der Waals surface area contributed by atoms with Gasteiger partial charge in [0.25, 0.3) is 0 Å². The van der Waals surface area contributed by atoms with Crippen LogP contribution in [0.5, 0.6) is 0 Å². The molecule has 0 bridgehead atoms. The van der Waals surface area contributed by atoms with E-state index in [1.165, 1.54) is 0 Å². The summed E-state index contributed by atoms with van der Waals surface area (Å²) in [4.78, 5) is 27.7. The van der Waals surface area contributed by atoms with Crippen molar-refractivity contribution in [3.05, 3.63) is 0 Å². The first kappa shape index (κ1) is 15.3. The normalized spacial score (nSPS) is 24.2. The molecular formula is C16H28N2O2. The second-order valence-electron chi connectivity index (χ2n) is 6.29. The maximum absolute atomic E-state index is 13.0. The highest BCUT2D eigenvalue weighted by Gasteiger charge is 2.57. The van der Waals surface area contributed by atoms with E-state index in [0.717, 1.165) is 45.1 Å². The molecule has 1 spiro atoms. The second kappa shape index (κ2) is 5.74.